The van der Waals surface area contributed by atoms with Crippen molar-refractivity contribution in [3.05, 3.63) is 71.3 Å². The fourth-order valence-electron chi connectivity index (χ4n) is 5.29. The molecule has 1 unspecified atom stereocenters. The van der Waals surface area contributed by atoms with Gasteiger partial charge in [0.25, 0.3) is 17.6 Å². The number of nitrogens with zero attached hydrogens (tertiary/aromatic N) is 3. The molecule has 0 aliphatic carbocycles. The lowest BCUT2D eigenvalue weighted by molar-refractivity contribution is -0.144. The maximum absolute atomic E-state index is 14.1. The first kappa shape index (κ1) is 22.3. The number of fused-ring (bicyclic) bond motifs is 2. The maximum Gasteiger partial charge on any atom is 0.296 e. The number of hydrogen-bond donors (Lipinski definition) is 1. The number of rotatable bonds is 5. The number of aliphatic hydroxyl groups is 1. The highest BCUT2D eigenvalue weighted by Crippen LogP contribution is 2.53. The van der Waals surface area contributed by atoms with Gasteiger partial charge in [0.05, 0.1) is 24.5 Å². The van der Waals surface area contributed by atoms with Crippen molar-refractivity contribution in [3.63, 3.8) is 0 Å². The van der Waals surface area contributed by atoms with Crippen molar-refractivity contribution in [1.82, 2.24) is 9.80 Å². The molecule has 1 spiro atoms. The van der Waals surface area contributed by atoms with Crippen molar-refractivity contribution in [2.75, 3.05) is 50.8 Å². The van der Waals surface area contributed by atoms with Gasteiger partial charge in [0.1, 0.15) is 5.76 Å². The summed E-state index contributed by atoms with van der Waals surface area (Å²) < 4.78 is 5.42. The number of para-hydroxylation sites is 1. The van der Waals surface area contributed by atoms with Crippen LogP contribution in [0.5, 0.6) is 0 Å². The Morgan fingerprint density at radius 2 is 1.65 bits per heavy atom. The highest BCUT2D eigenvalue weighted by Gasteiger charge is 2.66. The van der Waals surface area contributed by atoms with E-state index in [1.165, 1.54) is 4.90 Å². The van der Waals surface area contributed by atoms with Crippen LogP contribution >= 0.6 is 0 Å². The molecule has 34 heavy (non-hydrogen) atoms. The molecule has 8 heteroatoms. The van der Waals surface area contributed by atoms with Gasteiger partial charge in [-0.2, -0.15) is 0 Å². The number of amides is 2. The summed E-state index contributed by atoms with van der Waals surface area (Å²) in [6.07, 6.45) is 0. The predicted octanol–water partition coefficient (Wildman–Crippen LogP) is 1.96. The van der Waals surface area contributed by atoms with Crippen LogP contribution in [0.4, 0.5) is 5.69 Å². The zero-order valence-electron chi connectivity index (χ0n) is 19.1. The highest BCUT2D eigenvalue weighted by atomic mass is 16.5. The third-order valence-corrected chi connectivity index (χ3v) is 6.92. The van der Waals surface area contributed by atoms with E-state index in [9.17, 15) is 19.5 Å². The summed E-state index contributed by atoms with van der Waals surface area (Å²) in [7, 11) is 0. The fourth-order valence-corrected chi connectivity index (χ4v) is 5.29. The van der Waals surface area contributed by atoms with Crippen LogP contribution in [0.15, 0.2) is 60.2 Å². The molecule has 3 aliphatic rings. The van der Waals surface area contributed by atoms with Crippen LogP contribution in [0.1, 0.15) is 18.1 Å². The van der Waals surface area contributed by atoms with Crippen molar-refractivity contribution in [2.24, 2.45) is 0 Å². The number of aliphatic hydroxyl groups excluding tert-OH is 1. The number of likely N-dealkylation sites (N-methyl/N-ethyl adjacent to an activating group) is 1. The quantitative estimate of drug-likeness (QED) is 0.416. The number of Topliss-reactive ketones (excluding diaryl/α,β-unsaturated/α-hetero) is 1. The van der Waals surface area contributed by atoms with Crippen LogP contribution in [0.3, 0.4) is 0 Å². The number of carbonyl (C=O) groups excluding carboxylic acids is 3. The van der Waals surface area contributed by atoms with Crippen molar-refractivity contribution >= 4 is 29.0 Å². The van der Waals surface area contributed by atoms with Gasteiger partial charge in [-0.25, -0.2) is 0 Å². The number of hydrogen-bond acceptors (Lipinski definition) is 6. The van der Waals surface area contributed by atoms with E-state index in [4.69, 9.17) is 4.74 Å². The molecule has 0 saturated carbocycles. The Kier molecular flexibility index (Phi) is 5.71. The largest absolute Gasteiger partial charge is 0.507 e. The summed E-state index contributed by atoms with van der Waals surface area (Å²) in [4.78, 5) is 46.2. The molecule has 176 valence electrons. The molecule has 0 radical (unpaired) electrons. The van der Waals surface area contributed by atoms with Crippen molar-refractivity contribution in [1.29, 1.82) is 0 Å². The average Bonchev–Trinajstić information content (AvgIpc) is 3.26. The minimum atomic E-state index is -1.70. The van der Waals surface area contributed by atoms with Gasteiger partial charge >= 0.3 is 0 Å². The minimum absolute atomic E-state index is 0.168. The summed E-state index contributed by atoms with van der Waals surface area (Å²) in [5.41, 5.74) is -0.299. The van der Waals surface area contributed by atoms with Crippen molar-refractivity contribution in [2.45, 2.75) is 12.5 Å². The predicted molar refractivity (Wildman–Crippen MR) is 126 cm³/mol. The Morgan fingerprint density at radius 3 is 2.35 bits per heavy atom. The zero-order chi connectivity index (χ0) is 23.9. The summed E-state index contributed by atoms with van der Waals surface area (Å²) in [6.45, 7) is 5.52. The first-order chi connectivity index (χ1) is 16.5. The van der Waals surface area contributed by atoms with E-state index in [0.29, 0.717) is 56.2 Å². The fraction of sp³-hybridized carbons (Fsp3) is 0.346. The Morgan fingerprint density at radius 1 is 0.971 bits per heavy atom. The number of benzene rings is 2. The lowest BCUT2D eigenvalue weighted by Crippen LogP contribution is -2.54. The molecule has 3 aliphatic heterocycles. The van der Waals surface area contributed by atoms with Gasteiger partial charge in [0.15, 0.2) is 5.54 Å². The molecule has 2 aromatic carbocycles. The van der Waals surface area contributed by atoms with Crippen LogP contribution in [0, 0.1) is 0 Å². The molecule has 2 fully saturated rings. The van der Waals surface area contributed by atoms with Gasteiger partial charge in [-0.1, -0.05) is 48.5 Å². The first-order valence-electron chi connectivity index (χ1n) is 11.6. The molecule has 2 saturated heterocycles. The Hall–Kier alpha value is -3.49. The molecule has 1 atom stereocenters. The summed E-state index contributed by atoms with van der Waals surface area (Å²) in [5.74, 6) is -2.35. The zero-order valence-corrected chi connectivity index (χ0v) is 19.1. The smallest absolute Gasteiger partial charge is 0.296 e. The molecular formula is C26H27N3O5. The maximum atomic E-state index is 14.1. The van der Waals surface area contributed by atoms with Crippen LogP contribution in [-0.4, -0.2) is 78.4 Å². The molecule has 8 nitrogen and oxygen atoms in total. The van der Waals surface area contributed by atoms with Gasteiger partial charge in [-0.15, -0.1) is 0 Å². The highest BCUT2D eigenvalue weighted by molar-refractivity contribution is 6.50. The summed E-state index contributed by atoms with van der Waals surface area (Å²) in [6, 6.07) is 15.8. The van der Waals surface area contributed by atoms with E-state index in [-0.39, 0.29) is 17.9 Å². The SMILES string of the molecule is CCN1C(=O)C2(/C(=C(/O)c3ccccc3)C(=O)C(=O)N2CCN2CCOCC2)c2ccccc21. The van der Waals surface area contributed by atoms with Gasteiger partial charge in [0.2, 0.25) is 0 Å². The van der Waals surface area contributed by atoms with Gasteiger partial charge in [-0.05, 0) is 13.0 Å². The number of anilines is 1. The third kappa shape index (κ3) is 3.17. The summed E-state index contributed by atoms with van der Waals surface area (Å²) in [5, 5.41) is 11.4. The topological polar surface area (TPSA) is 90.4 Å². The molecule has 2 amide bonds. The molecule has 3 heterocycles. The average molecular weight is 462 g/mol. The summed E-state index contributed by atoms with van der Waals surface area (Å²) >= 11 is 0. The van der Waals surface area contributed by atoms with Gasteiger partial charge in [-0.3, -0.25) is 19.3 Å². The lowest BCUT2D eigenvalue weighted by Gasteiger charge is -2.36. The van der Waals surface area contributed by atoms with Crippen LogP contribution in [-0.2, 0) is 24.7 Å². The molecule has 1 N–H and O–H groups in total. The second kappa shape index (κ2) is 8.70. The van der Waals surface area contributed by atoms with E-state index in [1.54, 1.807) is 47.4 Å². The molecule has 2 aromatic rings. The van der Waals surface area contributed by atoms with Crippen LogP contribution in [0.2, 0.25) is 0 Å². The number of ether oxygens (including phenoxy) is 1. The molecule has 5 rings (SSSR count). The Balaban J connectivity index is 1.71. The van der Waals surface area contributed by atoms with Crippen LogP contribution < -0.4 is 4.90 Å². The Bertz CT molecular complexity index is 1170. The second-order valence-electron chi connectivity index (χ2n) is 8.61. The van der Waals surface area contributed by atoms with Crippen molar-refractivity contribution in [3.8, 4) is 0 Å². The standard InChI is InChI=1S/C26H27N3O5/c1-2-28-20-11-7-6-10-19(20)26(25(28)33)21(22(30)18-8-4-3-5-9-18)23(31)24(32)29(26)13-12-27-14-16-34-17-15-27/h3-11,30H,2,12-17H2,1H3/b22-21+. The Labute approximate surface area is 198 Å². The van der Waals surface area contributed by atoms with E-state index in [1.807, 2.05) is 19.1 Å². The van der Waals surface area contributed by atoms with Gasteiger partial charge < -0.3 is 19.6 Å². The third-order valence-electron chi connectivity index (χ3n) is 6.92. The molecule has 0 aromatic heterocycles. The van der Waals surface area contributed by atoms with E-state index < -0.39 is 23.1 Å². The van der Waals surface area contributed by atoms with Gasteiger partial charge in [0, 0.05) is 43.9 Å². The second-order valence-corrected chi connectivity index (χ2v) is 8.61. The van der Waals surface area contributed by atoms with Crippen LogP contribution in [0.25, 0.3) is 5.76 Å². The number of carbonyl (C=O) groups is 3. The number of morpholine rings is 1. The minimum Gasteiger partial charge on any atom is -0.507 e. The molecular weight excluding hydrogens is 434 g/mol. The normalized spacial score (nSPS) is 24.3. The number of likely N-dealkylation sites (tertiary alicyclic amines) is 1. The number of ketones is 1. The van der Waals surface area contributed by atoms with E-state index in [0.717, 1.165) is 0 Å². The van der Waals surface area contributed by atoms with Crippen molar-refractivity contribution < 1.29 is 24.2 Å². The molecule has 0 bridgehead atoms. The van der Waals surface area contributed by atoms with E-state index in [2.05, 4.69) is 4.90 Å². The van der Waals surface area contributed by atoms with E-state index >= 15 is 0 Å². The monoisotopic (exact) mass is 461 g/mol. The lowest BCUT2D eigenvalue weighted by atomic mass is 9.82. The first-order valence-corrected chi connectivity index (χ1v) is 11.6.